The quantitative estimate of drug-likeness (QED) is 0.835. The van der Waals surface area contributed by atoms with E-state index in [1.807, 2.05) is 48.3 Å². The van der Waals surface area contributed by atoms with Crippen molar-refractivity contribution in [3.63, 3.8) is 0 Å². The standard InChI is InChI=1S/C16H20N4/c1-4-13(2)20-10-9-15(18-20)12-19(3)16-8-6-5-7-14(16)11-17/h5-10,13H,4,12H2,1-3H3. The first-order valence-corrected chi connectivity index (χ1v) is 6.90. The molecular formula is C16H20N4. The zero-order valence-corrected chi connectivity index (χ0v) is 12.2. The van der Waals surface area contributed by atoms with Crippen molar-refractivity contribution in [2.24, 2.45) is 0 Å². The number of nitriles is 1. The summed E-state index contributed by atoms with van der Waals surface area (Å²) in [5.41, 5.74) is 2.64. The van der Waals surface area contributed by atoms with E-state index in [4.69, 9.17) is 5.26 Å². The van der Waals surface area contributed by atoms with Gasteiger partial charge in [0.25, 0.3) is 0 Å². The summed E-state index contributed by atoms with van der Waals surface area (Å²) < 4.78 is 2.00. The fraction of sp³-hybridized carbons (Fsp3) is 0.375. The number of benzene rings is 1. The minimum atomic E-state index is 0.417. The van der Waals surface area contributed by atoms with Crippen LogP contribution >= 0.6 is 0 Å². The van der Waals surface area contributed by atoms with E-state index in [0.717, 1.165) is 17.8 Å². The molecule has 104 valence electrons. The lowest BCUT2D eigenvalue weighted by atomic mass is 10.2. The maximum Gasteiger partial charge on any atom is 0.101 e. The molecule has 0 N–H and O–H groups in total. The second kappa shape index (κ2) is 6.25. The number of hydrogen-bond acceptors (Lipinski definition) is 3. The molecular weight excluding hydrogens is 248 g/mol. The van der Waals surface area contributed by atoms with Gasteiger partial charge >= 0.3 is 0 Å². The third-order valence-electron chi connectivity index (χ3n) is 3.54. The van der Waals surface area contributed by atoms with Gasteiger partial charge in [0.2, 0.25) is 0 Å². The minimum Gasteiger partial charge on any atom is -0.368 e. The van der Waals surface area contributed by atoms with Gasteiger partial charge in [-0.1, -0.05) is 19.1 Å². The van der Waals surface area contributed by atoms with E-state index >= 15 is 0 Å². The summed E-state index contributed by atoms with van der Waals surface area (Å²) >= 11 is 0. The van der Waals surface area contributed by atoms with Gasteiger partial charge in [-0.3, -0.25) is 4.68 Å². The largest absolute Gasteiger partial charge is 0.368 e. The molecule has 0 radical (unpaired) electrons. The number of nitrogens with zero attached hydrogens (tertiary/aromatic N) is 4. The van der Waals surface area contributed by atoms with Gasteiger partial charge in [0.05, 0.1) is 23.5 Å². The highest BCUT2D eigenvalue weighted by Crippen LogP contribution is 2.20. The van der Waals surface area contributed by atoms with E-state index in [0.29, 0.717) is 18.2 Å². The van der Waals surface area contributed by atoms with Crippen LogP contribution in [0.25, 0.3) is 0 Å². The molecule has 1 heterocycles. The Hall–Kier alpha value is -2.28. The van der Waals surface area contributed by atoms with Crippen molar-refractivity contribution in [3.8, 4) is 6.07 Å². The molecule has 2 rings (SSSR count). The molecule has 0 saturated heterocycles. The highest BCUT2D eigenvalue weighted by molar-refractivity contribution is 5.58. The SMILES string of the molecule is CCC(C)n1ccc(CN(C)c2ccccc2C#N)n1. The van der Waals surface area contributed by atoms with Gasteiger partial charge in [0, 0.05) is 19.3 Å². The van der Waals surface area contributed by atoms with Gasteiger partial charge < -0.3 is 4.90 Å². The van der Waals surface area contributed by atoms with E-state index < -0.39 is 0 Å². The summed E-state index contributed by atoms with van der Waals surface area (Å²) in [5.74, 6) is 0. The molecule has 0 aliphatic rings. The van der Waals surface area contributed by atoms with Gasteiger partial charge in [-0.2, -0.15) is 10.4 Å². The molecule has 1 unspecified atom stereocenters. The Kier molecular flexibility index (Phi) is 4.41. The minimum absolute atomic E-state index is 0.417. The van der Waals surface area contributed by atoms with Gasteiger partial charge in [-0.05, 0) is 31.5 Å². The molecule has 1 atom stereocenters. The van der Waals surface area contributed by atoms with Crippen molar-refractivity contribution in [1.82, 2.24) is 9.78 Å². The molecule has 4 nitrogen and oxygen atoms in total. The molecule has 0 amide bonds. The Bertz CT molecular complexity index is 609. The lowest BCUT2D eigenvalue weighted by Crippen LogP contribution is -2.18. The molecule has 0 spiro atoms. The average Bonchev–Trinajstić information content (AvgIpc) is 2.94. The zero-order valence-electron chi connectivity index (χ0n) is 12.2. The van der Waals surface area contributed by atoms with Crippen LogP contribution in [0.3, 0.4) is 0 Å². The summed E-state index contributed by atoms with van der Waals surface area (Å²) in [6, 6.07) is 12.3. The summed E-state index contributed by atoms with van der Waals surface area (Å²) in [6.45, 7) is 5.01. The van der Waals surface area contributed by atoms with Gasteiger partial charge in [-0.25, -0.2) is 0 Å². The monoisotopic (exact) mass is 268 g/mol. The fourth-order valence-electron chi connectivity index (χ4n) is 2.12. The second-order valence-corrected chi connectivity index (χ2v) is 5.03. The van der Waals surface area contributed by atoms with Crippen LogP contribution in [0.1, 0.15) is 37.6 Å². The Morgan fingerprint density at radius 1 is 1.35 bits per heavy atom. The van der Waals surface area contributed by atoms with Crippen LogP contribution in [0.5, 0.6) is 0 Å². The molecule has 0 aliphatic heterocycles. The van der Waals surface area contributed by atoms with Crippen molar-refractivity contribution in [2.45, 2.75) is 32.9 Å². The topological polar surface area (TPSA) is 44.9 Å². The first kappa shape index (κ1) is 14.1. The third kappa shape index (κ3) is 3.00. The van der Waals surface area contributed by atoms with Crippen LogP contribution in [-0.4, -0.2) is 16.8 Å². The van der Waals surface area contributed by atoms with Gasteiger partial charge in [-0.15, -0.1) is 0 Å². The maximum atomic E-state index is 9.15. The molecule has 0 saturated carbocycles. The van der Waals surface area contributed by atoms with Crippen molar-refractivity contribution in [2.75, 3.05) is 11.9 Å². The lowest BCUT2D eigenvalue weighted by Gasteiger charge is -2.19. The molecule has 20 heavy (non-hydrogen) atoms. The number of hydrogen-bond donors (Lipinski definition) is 0. The lowest BCUT2D eigenvalue weighted by molar-refractivity contribution is 0.473. The van der Waals surface area contributed by atoms with Crippen LogP contribution in [-0.2, 0) is 6.54 Å². The first-order chi connectivity index (χ1) is 9.65. The van der Waals surface area contributed by atoms with Crippen molar-refractivity contribution < 1.29 is 0 Å². The molecule has 0 fully saturated rings. The van der Waals surface area contributed by atoms with Gasteiger partial charge in [0.1, 0.15) is 6.07 Å². The summed E-state index contributed by atoms with van der Waals surface area (Å²) in [5, 5.41) is 13.7. The predicted molar refractivity (Wildman–Crippen MR) is 80.5 cm³/mol. The predicted octanol–water partition coefficient (Wildman–Crippen LogP) is 3.36. The molecule has 0 bridgehead atoms. The number of anilines is 1. The van der Waals surface area contributed by atoms with Crippen LogP contribution in [0.15, 0.2) is 36.5 Å². The smallest absolute Gasteiger partial charge is 0.101 e. The first-order valence-electron chi connectivity index (χ1n) is 6.90. The Labute approximate surface area is 120 Å². The summed E-state index contributed by atoms with van der Waals surface area (Å²) in [7, 11) is 1.98. The van der Waals surface area contributed by atoms with E-state index in [1.54, 1.807) is 0 Å². The number of rotatable bonds is 5. The van der Waals surface area contributed by atoms with Crippen molar-refractivity contribution in [1.29, 1.82) is 5.26 Å². The third-order valence-corrected chi connectivity index (χ3v) is 3.54. The van der Waals surface area contributed by atoms with E-state index in [9.17, 15) is 0 Å². The zero-order chi connectivity index (χ0) is 14.5. The molecule has 1 aromatic carbocycles. The van der Waals surface area contributed by atoms with Crippen LogP contribution in [0.4, 0.5) is 5.69 Å². The van der Waals surface area contributed by atoms with Crippen molar-refractivity contribution >= 4 is 5.69 Å². The van der Waals surface area contributed by atoms with E-state index in [2.05, 4.69) is 29.9 Å². The van der Waals surface area contributed by atoms with Gasteiger partial charge in [0.15, 0.2) is 0 Å². The van der Waals surface area contributed by atoms with E-state index in [-0.39, 0.29) is 0 Å². The number of para-hydroxylation sites is 1. The normalized spacial score (nSPS) is 11.9. The van der Waals surface area contributed by atoms with E-state index in [1.165, 1.54) is 0 Å². The van der Waals surface area contributed by atoms with Crippen LogP contribution in [0, 0.1) is 11.3 Å². The molecule has 2 aromatic rings. The Balaban J connectivity index is 2.14. The maximum absolute atomic E-state index is 9.15. The second-order valence-electron chi connectivity index (χ2n) is 5.03. The van der Waals surface area contributed by atoms with Crippen LogP contribution < -0.4 is 4.90 Å². The summed E-state index contributed by atoms with van der Waals surface area (Å²) in [6.07, 6.45) is 3.09. The fourth-order valence-corrected chi connectivity index (χ4v) is 2.12. The molecule has 0 aliphatic carbocycles. The highest BCUT2D eigenvalue weighted by atomic mass is 15.3. The Morgan fingerprint density at radius 2 is 2.10 bits per heavy atom. The number of aromatic nitrogens is 2. The van der Waals surface area contributed by atoms with Crippen molar-refractivity contribution in [3.05, 3.63) is 47.8 Å². The summed E-state index contributed by atoms with van der Waals surface area (Å²) in [4.78, 5) is 2.06. The van der Waals surface area contributed by atoms with Crippen LogP contribution in [0.2, 0.25) is 0 Å². The highest BCUT2D eigenvalue weighted by Gasteiger charge is 2.10. The molecule has 1 aromatic heterocycles. The Morgan fingerprint density at radius 3 is 2.80 bits per heavy atom. The average molecular weight is 268 g/mol. The molecule has 4 heteroatoms.